The summed E-state index contributed by atoms with van der Waals surface area (Å²) < 4.78 is 13.6. The third kappa shape index (κ3) is 3.25. The minimum Gasteiger partial charge on any atom is -0.543 e. The fourth-order valence-corrected chi connectivity index (χ4v) is 3.67. The molecule has 7 heteroatoms. The van der Waals surface area contributed by atoms with Crippen molar-refractivity contribution in [2.24, 2.45) is 0 Å². The summed E-state index contributed by atoms with van der Waals surface area (Å²) in [4.78, 5) is 11.5. The summed E-state index contributed by atoms with van der Waals surface area (Å²) in [5.74, 6) is 1.58. The molecular formula is C16H24N4O2Si. The predicted octanol–water partition coefficient (Wildman–Crippen LogP) is 2.70. The molecule has 0 atom stereocenters. The van der Waals surface area contributed by atoms with Gasteiger partial charge in [0.15, 0.2) is 11.5 Å². The van der Waals surface area contributed by atoms with Gasteiger partial charge in [0.2, 0.25) is 8.32 Å². The largest absolute Gasteiger partial charge is 0.543 e. The van der Waals surface area contributed by atoms with Gasteiger partial charge >= 0.3 is 0 Å². The Morgan fingerprint density at radius 1 is 1.30 bits per heavy atom. The van der Waals surface area contributed by atoms with Gasteiger partial charge in [0.1, 0.15) is 11.5 Å². The number of imidazole rings is 1. The molecule has 3 heterocycles. The lowest BCUT2D eigenvalue weighted by Gasteiger charge is -2.27. The molecule has 0 spiro atoms. The Bertz CT molecular complexity index is 729. The summed E-state index contributed by atoms with van der Waals surface area (Å²) in [6, 6.07) is 0. The number of aromatic nitrogens is 3. The van der Waals surface area contributed by atoms with E-state index >= 15 is 0 Å². The zero-order valence-corrected chi connectivity index (χ0v) is 15.3. The molecule has 0 bridgehead atoms. The Kier molecular flexibility index (Phi) is 4.16. The number of morpholine rings is 1. The Morgan fingerprint density at radius 2 is 2.00 bits per heavy atom. The first-order valence-corrected chi connectivity index (χ1v) is 11.3. The third-order valence-corrected chi connectivity index (χ3v) is 4.56. The molecule has 1 aliphatic heterocycles. The second-order valence-corrected chi connectivity index (χ2v) is 11.2. The zero-order valence-electron chi connectivity index (χ0n) is 14.3. The topological polar surface area (TPSA) is 51.9 Å². The van der Waals surface area contributed by atoms with Crippen molar-refractivity contribution in [1.82, 2.24) is 14.4 Å². The van der Waals surface area contributed by atoms with Crippen LogP contribution in [0.15, 0.2) is 19.0 Å². The highest BCUT2D eigenvalue weighted by molar-refractivity contribution is 6.70. The predicted molar refractivity (Wildman–Crippen MR) is 94.2 cm³/mol. The van der Waals surface area contributed by atoms with E-state index in [1.165, 1.54) is 0 Å². The van der Waals surface area contributed by atoms with E-state index in [1.54, 1.807) is 0 Å². The van der Waals surface area contributed by atoms with E-state index in [4.69, 9.17) is 14.1 Å². The summed E-state index contributed by atoms with van der Waals surface area (Å²) in [6.07, 6.45) is 3.73. The molecule has 6 nitrogen and oxygen atoms in total. The molecule has 0 aliphatic carbocycles. The molecule has 3 rings (SSSR count). The molecule has 0 N–H and O–H groups in total. The molecule has 0 saturated carbocycles. The number of nitrogens with zero attached hydrogens (tertiary/aromatic N) is 4. The highest BCUT2D eigenvalue weighted by Crippen LogP contribution is 2.27. The quantitative estimate of drug-likeness (QED) is 0.636. The van der Waals surface area contributed by atoms with Gasteiger partial charge in [-0.2, -0.15) is 0 Å². The lowest BCUT2D eigenvalue weighted by Crippen LogP contribution is -2.37. The summed E-state index contributed by atoms with van der Waals surface area (Å²) in [6.45, 7) is 15.7. The Hall–Kier alpha value is -1.86. The lowest BCUT2D eigenvalue weighted by atomic mass is 10.3. The van der Waals surface area contributed by atoms with Crippen LogP contribution in [-0.2, 0) is 9.16 Å². The summed E-state index contributed by atoms with van der Waals surface area (Å²) in [5.41, 5.74) is 2.69. The van der Waals surface area contributed by atoms with E-state index in [9.17, 15) is 0 Å². The number of hydrogen-bond donors (Lipinski definition) is 0. The number of anilines is 1. The van der Waals surface area contributed by atoms with Crippen molar-refractivity contribution in [2.75, 3.05) is 31.2 Å². The number of rotatable bonds is 4. The van der Waals surface area contributed by atoms with Gasteiger partial charge in [-0.25, -0.2) is 9.97 Å². The van der Waals surface area contributed by atoms with Crippen molar-refractivity contribution < 1.29 is 9.16 Å². The summed E-state index contributed by atoms with van der Waals surface area (Å²) in [7, 11) is -1.72. The summed E-state index contributed by atoms with van der Waals surface area (Å²) >= 11 is 0. The molecule has 1 saturated heterocycles. The fourth-order valence-electron chi connectivity index (χ4n) is 2.83. The van der Waals surface area contributed by atoms with Gasteiger partial charge in [-0.15, -0.1) is 0 Å². The first-order chi connectivity index (χ1) is 10.9. The standard InChI is InChI=1S/C16H24N4O2Si/c1-12-14(13(2)22-23(3,4)5)20-7-6-17-15(16(20)18-12)19-8-10-21-11-9-19/h6-7H,2,8-11H2,1,3-5H3. The van der Waals surface area contributed by atoms with Crippen molar-refractivity contribution in [2.45, 2.75) is 26.6 Å². The zero-order chi connectivity index (χ0) is 16.6. The first kappa shape index (κ1) is 16.0. The normalized spacial score (nSPS) is 15.9. The monoisotopic (exact) mass is 332 g/mol. The fraction of sp³-hybridized carbons (Fsp3) is 0.500. The number of ether oxygens (including phenoxy) is 1. The average Bonchev–Trinajstić information content (AvgIpc) is 2.82. The van der Waals surface area contributed by atoms with E-state index in [1.807, 2.05) is 23.7 Å². The second-order valence-electron chi connectivity index (χ2n) is 6.73. The summed E-state index contributed by atoms with van der Waals surface area (Å²) in [5, 5.41) is 0. The number of aryl methyl sites for hydroxylation is 1. The average molecular weight is 332 g/mol. The molecule has 1 aliphatic rings. The minimum atomic E-state index is -1.72. The molecule has 0 unspecified atom stereocenters. The SMILES string of the molecule is C=C(O[Si](C)(C)C)c1c(C)nc2c(N3CCOCC3)nccn12. The van der Waals surface area contributed by atoms with Gasteiger partial charge in [-0.05, 0) is 26.6 Å². The lowest BCUT2D eigenvalue weighted by molar-refractivity contribution is 0.122. The van der Waals surface area contributed by atoms with E-state index in [-0.39, 0.29) is 0 Å². The van der Waals surface area contributed by atoms with E-state index < -0.39 is 8.32 Å². The van der Waals surface area contributed by atoms with Gasteiger partial charge in [0.25, 0.3) is 0 Å². The van der Waals surface area contributed by atoms with Gasteiger partial charge in [-0.3, -0.25) is 4.40 Å². The van der Waals surface area contributed by atoms with Crippen molar-refractivity contribution in [3.8, 4) is 0 Å². The van der Waals surface area contributed by atoms with Crippen molar-refractivity contribution in [3.63, 3.8) is 0 Å². The maximum atomic E-state index is 6.09. The number of fused-ring (bicyclic) bond motifs is 1. The van der Waals surface area contributed by atoms with Crippen LogP contribution in [0.25, 0.3) is 11.4 Å². The smallest absolute Gasteiger partial charge is 0.242 e. The maximum Gasteiger partial charge on any atom is 0.242 e. The molecule has 23 heavy (non-hydrogen) atoms. The molecule has 1 fully saturated rings. The van der Waals surface area contributed by atoms with Gasteiger partial charge < -0.3 is 14.1 Å². The van der Waals surface area contributed by atoms with Crippen LogP contribution in [0.5, 0.6) is 0 Å². The van der Waals surface area contributed by atoms with Crippen LogP contribution in [-0.4, -0.2) is 49.0 Å². The molecule has 2 aromatic rings. The Balaban J connectivity index is 2.04. The second kappa shape index (κ2) is 5.97. The molecular weight excluding hydrogens is 308 g/mol. The van der Waals surface area contributed by atoms with Crippen LogP contribution in [0.2, 0.25) is 19.6 Å². The van der Waals surface area contributed by atoms with Crippen molar-refractivity contribution in [1.29, 1.82) is 0 Å². The van der Waals surface area contributed by atoms with Crippen LogP contribution < -0.4 is 4.90 Å². The van der Waals surface area contributed by atoms with Gasteiger partial charge in [-0.1, -0.05) is 6.58 Å². The van der Waals surface area contributed by atoms with Crippen LogP contribution in [0, 0.1) is 6.92 Å². The molecule has 0 radical (unpaired) electrons. The molecule has 2 aromatic heterocycles. The van der Waals surface area contributed by atoms with E-state index in [2.05, 4.69) is 36.1 Å². The van der Waals surface area contributed by atoms with Gasteiger partial charge in [0, 0.05) is 25.5 Å². The van der Waals surface area contributed by atoms with Crippen LogP contribution in [0.1, 0.15) is 11.4 Å². The highest BCUT2D eigenvalue weighted by Gasteiger charge is 2.23. The minimum absolute atomic E-state index is 0.688. The molecule has 0 aromatic carbocycles. The van der Waals surface area contributed by atoms with Crippen LogP contribution in [0.3, 0.4) is 0 Å². The maximum absolute atomic E-state index is 6.09. The molecule has 124 valence electrons. The number of hydrogen-bond acceptors (Lipinski definition) is 5. The Morgan fingerprint density at radius 3 is 2.65 bits per heavy atom. The molecule has 0 amide bonds. The van der Waals surface area contributed by atoms with E-state index in [0.29, 0.717) is 5.76 Å². The van der Waals surface area contributed by atoms with Crippen molar-refractivity contribution in [3.05, 3.63) is 30.4 Å². The third-order valence-electron chi connectivity index (χ3n) is 3.70. The first-order valence-electron chi connectivity index (χ1n) is 7.91. The van der Waals surface area contributed by atoms with E-state index in [0.717, 1.165) is 49.2 Å². The highest BCUT2D eigenvalue weighted by atomic mass is 28.4. The van der Waals surface area contributed by atoms with Crippen LogP contribution >= 0.6 is 0 Å². The van der Waals surface area contributed by atoms with Gasteiger partial charge in [0.05, 0.1) is 18.9 Å². The van der Waals surface area contributed by atoms with Crippen LogP contribution in [0.4, 0.5) is 5.82 Å². The van der Waals surface area contributed by atoms with Crippen molar-refractivity contribution >= 4 is 25.5 Å². The Labute approximate surface area is 137 Å².